The fourth-order valence-corrected chi connectivity index (χ4v) is 3.48. The number of benzene rings is 2. The van der Waals surface area contributed by atoms with Crippen LogP contribution in [-0.2, 0) is 4.79 Å². The Morgan fingerprint density at radius 3 is 2.46 bits per heavy atom. The maximum absolute atomic E-state index is 13.9. The van der Waals surface area contributed by atoms with Crippen LogP contribution in [0, 0.1) is 0 Å². The first-order chi connectivity index (χ1) is 11.1. The normalized spacial score (nSPS) is 19.5. The standard InChI is InChI=1S/C17H16ClF3N2O/c1-16(2)9-13(24)22-23(16)15(17(19,20)21)12-8-7-10-5-3-4-6-11(10)14(12)18/h3-8,15H,9H2,1-2H3,(H,22,24). The highest BCUT2D eigenvalue weighted by Crippen LogP contribution is 2.46. The quantitative estimate of drug-likeness (QED) is 0.852. The second-order valence-electron chi connectivity index (χ2n) is 6.53. The number of rotatable bonds is 2. The number of halogens is 4. The minimum absolute atomic E-state index is 0.00915. The van der Waals surface area contributed by atoms with Crippen molar-refractivity contribution in [3.05, 3.63) is 47.0 Å². The molecule has 1 N–H and O–H groups in total. The van der Waals surface area contributed by atoms with Gasteiger partial charge in [-0.3, -0.25) is 10.2 Å². The number of nitrogens with one attached hydrogen (secondary N) is 1. The number of amides is 1. The Kier molecular flexibility index (Phi) is 4.00. The first kappa shape index (κ1) is 17.0. The molecule has 0 saturated carbocycles. The van der Waals surface area contributed by atoms with Crippen molar-refractivity contribution in [2.75, 3.05) is 0 Å². The van der Waals surface area contributed by atoms with Gasteiger partial charge in [0.25, 0.3) is 0 Å². The molecule has 1 aliphatic heterocycles. The maximum Gasteiger partial charge on any atom is 0.409 e. The highest BCUT2D eigenvalue weighted by molar-refractivity contribution is 6.36. The van der Waals surface area contributed by atoms with Gasteiger partial charge in [0, 0.05) is 17.3 Å². The molecule has 0 bridgehead atoms. The number of hydrazine groups is 1. The van der Waals surface area contributed by atoms with Gasteiger partial charge in [0.1, 0.15) is 0 Å². The van der Waals surface area contributed by atoms with E-state index in [1.165, 1.54) is 6.07 Å². The molecule has 2 aromatic carbocycles. The number of carbonyl (C=O) groups is 1. The number of carbonyl (C=O) groups excluding carboxylic acids is 1. The Balaban J connectivity index is 2.18. The summed E-state index contributed by atoms with van der Waals surface area (Å²) in [5, 5.41) is 2.32. The predicted molar refractivity (Wildman–Crippen MR) is 86.4 cm³/mol. The van der Waals surface area contributed by atoms with Gasteiger partial charge in [-0.05, 0) is 24.8 Å². The number of nitrogens with zero attached hydrogens (tertiary/aromatic N) is 1. The summed E-state index contributed by atoms with van der Waals surface area (Å²) in [7, 11) is 0. The summed E-state index contributed by atoms with van der Waals surface area (Å²) in [5.41, 5.74) is 1.29. The first-order valence-corrected chi connectivity index (χ1v) is 7.82. The summed E-state index contributed by atoms with van der Waals surface area (Å²) in [6.45, 7) is 3.19. The van der Waals surface area contributed by atoms with Crippen LogP contribution in [0.25, 0.3) is 10.8 Å². The minimum atomic E-state index is -4.60. The molecule has 0 aromatic heterocycles. The lowest BCUT2D eigenvalue weighted by atomic mass is 9.95. The zero-order valence-electron chi connectivity index (χ0n) is 13.1. The van der Waals surface area contributed by atoms with Gasteiger partial charge in [-0.15, -0.1) is 0 Å². The van der Waals surface area contributed by atoms with Crippen LogP contribution in [0.2, 0.25) is 5.02 Å². The van der Waals surface area contributed by atoms with Crippen molar-refractivity contribution >= 4 is 28.3 Å². The number of hydrogen-bond donors (Lipinski definition) is 1. The van der Waals surface area contributed by atoms with Gasteiger partial charge in [0.2, 0.25) is 5.91 Å². The molecule has 1 unspecified atom stereocenters. The Labute approximate surface area is 142 Å². The Morgan fingerprint density at radius 2 is 1.88 bits per heavy atom. The summed E-state index contributed by atoms with van der Waals surface area (Å²) >= 11 is 6.31. The molecule has 7 heteroatoms. The molecule has 0 radical (unpaired) electrons. The van der Waals surface area contributed by atoms with Crippen LogP contribution in [0.4, 0.5) is 13.2 Å². The van der Waals surface area contributed by atoms with Crippen molar-refractivity contribution in [3.8, 4) is 0 Å². The van der Waals surface area contributed by atoms with Gasteiger partial charge in [-0.2, -0.15) is 18.2 Å². The zero-order chi connectivity index (χ0) is 17.7. The van der Waals surface area contributed by atoms with Crippen LogP contribution in [0.15, 0.2) is 36.4 Å². The highest BCUT2D eigenvalue weighted by Gasteiger charge is 2.53. The van der Waals surface area contributed by atoms with Crippen LogP contribution in [-0.4, -0.2) is 22.6 Å². The fraction of sp³-hybridized carbons (Fsp3) is 0.353. The fourth-order valence-electron chi connectivity index (χ4n) is 3.14. The lowest BCUT2D eigenvalue weighted by Gasteiger charge is -2.38. The topological polar surface area (TPSA) is 32.3 Å². The van der Waals surface area contributed by atoms with E-state index in [-0.39, 0.29) is 17.0 Å². The number of alkyl halides is 3. The van der Waals surface area contributed by atoms with E-state index in [1.54, 1.807) is 44.2 Å². The summed E-state index contributed by atoms with van der Waals surface area (Å²) in [5.74, 6) is -0.439. The zero-order valence-corrected chi connectivity index (χ0v) is 13.9. The summed E-state index contributed by atoms with van der Waals surface area (Å²) in [6, 6.07) is 7.96. The van der Waals surface area contributed by atoms with Crippen molar-refractivity contribution in [2.45, 2.75) is 38.0 Å². The van der Waals surface area contributed by atoms with Gasteiger partial charge < -0.3 is 0 Å². The van der Waals surface area contributed by atoms with Gasteiger partial charge in [0.15, 0.2) is 6.04 Å². The van der Waals surface area contributed by atoms with E-state index in [1.807, 2.05) is 0 Å². The molecule has 1 fully saturated rings. The Hall–Kier alpha value is -1.79. The van der Waals surface area contributed by atoms with E-state index in [9.17, 15) is 18.0 Å². The Morgan fingerprint density at radius 1 is 1.21 bits per heavy atom. The Bertz CT molecular complexity index is 804. The molecule has 1 amide bonds. The molecular formula is C17H16ClF3N2O. The lowest BCUT2D eigenvalue weighted by Crippen LogP contribution is -2.51. The maximum atomic E-state index is 13.9. The smallest absolute Gasteiger partial charge is 0.287 e. The molecule has 1 atom stereocenters. The second kappa shape index (κ2) is 5.63. The van der Waals surface area contributed by atoms with Gasteiger partial charge in [-0.25, -0.2) is 0 Å². The molecule has 0 aliphatic carbocycles. The van der Waals surface area contributed by atoms with E-state index in [4.69, 9.17) is 11.6 Å². The van der Waals surface area contributed by atoms with Crippen molar-refractivity contribution in [3.63, 3.8) is 0 Å². The minimum Gasteiger partial charge on any atom is -0.287 e. The summed E-state index contributed by atoms with van der Waals surface area (Å²) < 4.78 is 41.6. The number of fused-ring (bicyclic) bond motifs is 1. The third kappa shape index (κ3) is 2.84. The van der Waals surface area contributed by atoms with E-state index < -0.39 is 23.7 Å². The van der Waals surface area contributed by atoms with Crippen molar-refractivity contribution in [1.29, 1.82) is 0 Å². The molecule has 1 heterocycles. The molecule has 1 saturated heterocycles. The van der Waals surface area contributed by atoms with Crippen LogP contribution >= 0.6 is 11.6 Å². The largest absolute Gasteiger partial charge is 0.409 e. The second-order valence-corrected chi connectivity index (χ2v) is 6.91. The van der Waals surface area contributed by atoms with Gasteiger partial charge in [0.05, 0.1) is 5.02 Å². The van der Waals surface area contributed by atoms with E-state index >= 15 is 0 Å². The summed E-state index contributed by atoms with van der Waals surface area (Å²) in [6.07, 6.45) is -4.61. The molecule has 3 nitrogen and oxygen atoms in total. The summed E-state index contributed by atoms with van der Waals surface area (Å²) in [4.78, 5) is 11.7. The molecule has 1 aliphatic rings. The SMILES string of the molecule is CC1(C)CC(=O)NN1C(c1ccc2ccccc2c1Cl)C(F)(F)F. The molecule has 2 aromatic rings. The van der Waals surface area contributed by atoms with E-state index in [0.29, 0.717) is 5.39 Å². The molecule has 3 rings (SSSR count). The monoisotopic (exact) mass is 356 g/mol. The third-order valence-electron chi connectivity index (χ3n) is 4.25. The van der Waals surface area contributed by atoms with Crippen molar-refractivity contribution < 1.29 is 18.0 Å². The van der Waals surface area contributed by atoms with Crippen LogP contribution < -0.4 is 5.43 Å². The lowest BCUT2D eigenvalue weighted by molar-refractivity contribution is -0.203. The average molecular weight is 357 g/mol. The van der Waals surface area contributed by atoms with Gasteiger partial charge >= 0.3 is 6.18 Å². The van der Waals surface area contributed by atoms with E-state index in [2.05, 4.69) is 5.43 Å². The number of hydrogen-bond acceptors (Lipinski definition) is 2. The molecule has 0 spiro atoms. The average Bonchev–Trinajstić information content (AvgIpc) is 2.73. The first-order valence-electron chi connectivity index (χ1n) is 7.44. The van der Waals surface area contributed by atoms with Crippen LogP contribution in [0.3, 0.4) is 0 Å². The molecule has 24 heavy (non-hydrogen) atoms. The van der Waals surface area contributed by atoms with Crippen molar-refractivity contribution in [1.82, 2.24) is 10.4 Å². The highest BCUT2D eigenvalue weighted by atomic mass is 35.5. The van der Waals surface area contributed by atoms with E-state index in [0.717, 1.165) is 10.4 Å². The van der Waals surface area contributed by atoms with Crippen molar-refractivity contribution in [2.24, 2.45) is 0 Å². The van der Waals surface area contributed by atoms with Crippen LogP contribution in [0.5, 0.6) is 0 Å². The third-order valence-corrected chi connectivity index (χ3v) is 4.67. The predicted octanol–water partition coefficient (Wildman–Crippen LogP) is 4.61. The van der Waals surface area contributed by atoms with Gasteiger partial charge in [-0.1, -0.05) is 48.0 Å². The van der Waals surface area contributed by atoms with Crippen LogP contribution in [0.1, 0.15) is 31.9 Å². The molecular weight excluding hydrogens is 341 g/mol. The molecule has 128 valence electrons.